The molecule has 1 unspecified atom stereocenters. The minimum Gasteiger partial charge on any atom is -0.478 e. The predicted molar refractivity (Wildman–Crippen MR) is 83.9 cm³/mol. The molecule has 0 aromatic heterocycles. The average Bonchev–Trinajstić information content (AvgIpc) is 2.92. The summed E-state index contributed by atoms with van der Waals surface area (Å²) in [7, 11) is 0. The van der Waals surface area contributed by atoms with Crippen molar-refractivity contribution in [3.05, 3.63) is 23.8 Å². The van der Waals surface area contributed by atoms with Crippen LogP contribution in [0.15, 0.2) is 23.1 Å². The molecule has 20 heavy (non-hydrogen) atoms. The minimum absolute atomic E-state index is 0.394. The van der Waals surface area contributed by atoms with Gasteiger partial charge in [-0.2, -0.15) is 0 Å². The molecule has 0 amide bonds. The third-order valence-corrected chi connectivity index (χ3v) is 4.64. The fourth-order valence-electron chi connectivity index (χ4n) is 2.69. The summed E-state index contributed by atoms with van der Waals surface area (Å²) >= 11 is 1.47. The van der Waals surface area contributed by atoms with E-state index in [2.05, 4.69) is 17.1 Å². The van der Waals surface area contributed by atoms with Gasteiger partial charge in [-0.3, -0.25) is 0 Å². The number of aromatic carboxylic acids is 1. The lowest BCUT2D eigenvalue weighted by Gasteiger charge is -2.16. The van der Waals surface area contributed by atoms with Gasteiger partial charge in [-0.1, -0.05) is 13.0 Å². The number of carbonyl (C=O) groups is 1. The first-order chi connectivity index (χ1) is 9.65. The van der Waals surface area contributed by atoms with Gasteiger partial charge in [0.2, 0.25) is 0 Å². The second kappa shape index (κ2) is 6.99. The van der Waals surface area contributed by atoms with Crippen LogP contribution in [0.1, 0.15) is 23.7 Å². The van der Waals surface area contributed by atoms with Crippen LogP contribution in [0.3, 0.4) is 0 Å². The lowest BCUT2D eigenvalue weighted by Crippen LogP contribution is -2.23. The van der Waals surface area contributed by atoms with E-state index >= 15 is 0 Å². The first-order valence-corrected chi connectivity index (χ1v) is 8.24. The van der Waals surface area contributed by atoms with Crippen molar-refractivity contribution in [1.29, 1.82) is 0 Å². The van der Waals surface area contributed by atoms with E-state index in [9.17, 15) is 9.90 Å². The number of benzene rings is 1. The molecule has 1 saturated heterocycles. The van der Waals surface area contributed by atoms with Crippen molar-refractivity contribution in [3.63, 3.8) is 0 Å². The van der Waals surface area contributed by atoms with Crippen LogP contribution in [0.2, 0.25) is 0 Å². The SMILES string of the molecule is CCN1CCC(CNc2cccc(SC)c2C(=O)O)C1. The number of anilines is 1. The topological polar surface area (TPSA) is 52.6 Å². The third kappa shape index (κ3) is 3.46. The quantitative estimate of drug-likeness (QED) is 0.790. The first kappa shape index (κ1) is 15.2. The lowest BCUT2D eigenvalue weighted by molar-refractivity contribution is 0.0694. The van der Waals surface area contributed by atoms with Crippen molar-refractivity contribution >= 4 is 23.4 Å². The zero-order chi connectivity index (χ0) is 14.5. The van der Waals surface area contributed by atoms with E-state index in [0.29, 0.717) is 11.5 Å². The van der Waals surface area contributed by atoms with Crippen molar-refractivity contribution in [2.45, 2.75) is 18.2 Å². The molecule has 1 heterocycles. The van der Waals surface area contributed by atoms with Crippen molar-refractivity contribution in [1.82, 2.24) is 4.90 Å². The fourth-order valence-corrected chi connectivity index (χ4v) is 3.31. The number of hydrogen-bond acceptors (Lipinski definition) is 4. The Kier molecular flexibility index (Phi) is 5.31. The number of carboxylic acid groups (broad SMARTS) is 1. The van der Waals surface area contributed by atoms with Crippen LogP contribution in [0.4, 0.5) is 5.69 Å². The second-order valence-electron chi connectivity index (χ2n) is 5.12. The summed E-state index contributed by atoms with van der Waals surface area (Å²) in [5.41, 5.74) is 1.13. The number of likely N-dealkylation sites (tertiary alicyclic amines) is 1. The van der Waals surface area contributed by atoms with Gasteiger partial charge in [0.15, 0.2) is 0 Å². The summed E-state index contributed by atoms with van der Waals surface area (Å²) in [6, 6.07) is 5.62. The van der Waals surface area contributed by atoms with E-state index in [4.69, 9.17) is 0 Å². The van der Waals surface area contributed by atoms with E-state index in [1.54, 1.807) is 0 Å². The van der Waals surface area contributed by atoms with Crippen LogP contribution < -0.4 is 5.32 Å². The number of rotatable bonds is 6. The molecule has 1 aliphatic rings. The highest BCUT2D eigenvalue weighted by Crippen LogP contribution is 2.28. The number of hydrogen-bond donors (Lipinski definition) is 2. The zero-order valence-corrected chi connectivity index (χ0v) is 12.9. The fraction of sp³-hybridized carbons (Fsp3) is 0.533. The summed E-state index contributed by atoms with van der Waals surface area (Å²) in [6.45, 7) is 6.38. The number of nitrogens with one attached hydrogen (secondary N) is 1. The molecule has 1 aromatic carbocycles. The molecule has 1 aliphatic heterocycles. The molecule has 2 N–H and O–H groups in total. The largest absolute Gasteiger partial charge is 0.478 e. The van der Waals surface area contributed by atoms with Crippen molar-refractivity contribution < 1.29 is 9.90 Å². The molecule has 0 aliphatic carbocycles. The van der Waals surface area contributed by atoms with Gasteiger partial charge < -0.3 is 15.3 Å². The number of thioether (sulfide) groups is 1. The van der Waals surface area contributed by atoms with Gasteiger partial charge in [-0.25, -0.2) is 4.79 Å². The molecule has 0 bridgehead atoms. The lowest BCUT2D eigenvalue weighted by atomic mass is 10.1. The van der Waals surface area contributed by atoms with Gasteiger partial charge in [0.05, 0.1) is 5.56 Å². The molecule has 1 atom stereocenters. The molecule has 0 radical (unpaired) electrons. The van der Waals surface area contributed by atoms with Crippen LogP contribution in [0, 0.1) is 5.92 Å². The Bertz CT molecular complexity index is 479. The number of nitrogens with zero attached hydrogens (tertiary/aromatic N) is 1. The Hall–Kier alpha value is -1.20. The molecular weight excluding hydrogens is 272 g/mol. The standard InChI is InChI=1S/C15H22N2O2S/c1-3-17-8-7-11(10-17)9-16-12-5-4-6-13(20-2)14(12)15(18)19/h4-6,11,16H,3,7-10H2,1-2H3,(H,18,19). The zero-order valence-electron chi connectivity index (χ0n) is 12.1. The molecule has 1 fully saturated rings. The maximum Gasteiger partial charge on any atom is 0.338 e. The Labute approximate surface area is 124 Å². The van der Waals surface area contributed by atoms with Gasteiger partial charge in [0.1, 0.15) is 0 Å². The predicted octanol–water partition coefficient (Wildman–Crippen LogP) is 2.86. The summed E-state index contributed by atoms with van der Waals surface area (Å²) < 4.78 is 0. The number of carboxylic acids is 1. The molecule has 0 spiro atoms. The molecule has 5 heteroatoms. The summed E-state index contributed by atoms with van der Waals surface area (Å²) in [5.74, 6) is -0.256. The molecule has 2 rings (SSSR count). The third-order valence-electron chi connectivity index (χ3n) is 3.86. The van der Waals surface area contributed by atoms with Crippen LogP contribution in [0.5, 0.6) is 0 Å². The summed E-state index contributed by atoms with van der Waals surface area (Å²) in [4.78, 5) is 14.7. The van der Waals surface area contributed by atoms with Gasteiger partial charge in [-0.05, 0) is 43.8 Å². The van der Waals surface area contributed by atoms with Crippen molar-refractivity contribution in [2.75, 3.05) is 37.8 Å². The Morgan fingerprint density at radius 3 is 2.95 bits per heavy atom. The molecule has 110 valence electrons. The van der Waals surface area contributed by atoms with Gasteiger partial charge in [0, 0.05) is 23.7 Å². The smallest absolute Gasteiger partial charge is 0.338 e. The molecule has 0 saturated carbocycles. The molecule has 4 nitrogen and oxygen atoms in total. The Balaban J connectivity index is 2.04. The van der Waals surface area contributed by atoms with Gasteiger partial charge in [0.25, 0.3) is 0 Å². The summed E-state index contributed by atoms with van der Waals surface area (Å²) in [5, 5.41) is 12.7. The summed E-state index contributed by atoms with van der Waals surface area (Å²) in [6.07, 6.45) is 3.09. The van der Waals surface area contributed by atoms with Gasteiger partial charge >= 0.3 is 5.97 Å². The van der Waals surface area contributed by atoms with Crippen molar-refractivity contribution in [3.8, 4) is 0 Å². The highest BCUT2D eigenvalue weighted by molar-refractivity contribution is 7.98. The monoisotopic (exact) mass is 294 g/mol. The second-order valence-corrected chi connectivity index (χ2v) is 5.96. The molecule has 1 aromatic rings. The normalized spacial score (nSPS) is 19.2. The van der Waals surface area contributed by atoms with Gasteiger partial charge in [-0.15, -0.1) is 11.8 Å². The average molecular weight is 294 g/mol. The van der Waals surface area contributed by atoms with E-state index in [1.165, 1.54) is 18.2 Å². The maximum absolute atomic E-state index is 11.4. The van der Waals surface area contributed by atoms with E-state index in [0.717, 1.165) is 36.8 Å². The maximum atomic E-state index is 11.4. The Morgan fingerprint density at radius 1 is 1.55 bits per heavy atom. The van der Waals surface area contributed by atoms with Crippen LogP contribution in [-0.2, 0) is 0 Å². The van der Waals surface area contributed by atoms with Crippen molar-refractivity contribution in [2.24, 2.45) is 5.92 Å². The van der Waals surface area contributed by atoms with E-state index < -0.39 is 5.97 Å². The first-order valence-electron chi connectivity index (χ1n) is 7.02. The highest BCUT2D eigenvalue weighted by Gasteiger charge is 2.22. The molecular formula is C15H22N2O2S. The minimum atomic E-state index is -0.862. The van der Waals surface area contributed by atoms with E-state index in [1.807, 2.05) is 24.5 Å². The van der Waals surface area contributed by atoms with E-state index in [-0.39, 0.29) is 0 Å². The Morgan fingerprint density at radius 2 is 2.35 bits per heavy atom. The van der Waals surface area contributed by atoms with Crippen LogP contribution in [0.25, 0.3) is 0 Å². The van der Waals surface area contributed by atoms with Crippen LogP contribution in [-0.4, -0.2) is 48.4 Å². The highest BCUT2D eigenvalue weighted by atomic mass is 32.2. The van der Waals surface area contributed by atoms with Crippen LogP contribution >= 0.6 is 11.8 Å².